The van der Waals surface area contributed by atoms with Crippen molar-refractivity contribution in [2.45, 2.75) is 13.8 Å². The van der Waals surface area contributed by atoms with Crippen LogP contribution in [0, 0.1) is 5.92 Å². The van der Waals surface area contributed by atoms with E-state index in [4.69, 9.17) is 10.5 Å². The van der Waals surface area contributed by atoms with E-state index in [9.17, 15) is 9.90 Å². The van der Waals surface area contributed by atoms with Crippen LogP contribution in [0.1, 0.15) is 25.0 Å². The minimum Gasteiger partial charge on any atom is -0.493 e. The van der Waals surface area contributed by atoms with E-state index < -0.39 is 5.97 Å². The zero-order valence-electron chi connectivity index (χ0n) is 13.3. The molecule has 0 saturated heterocycles. The Balaban J connectivity index is 2.40. The standard InChI is InChI=1S/C19H21NO3/c1-13(2)12-23-18-6-4-3-5-15(18)11-17(19(21)22)14-7-9-16(20)10-8-14/h3-11,13H,12,20H2,1-2H3,(H,21,22)/b17-11-. The van der Waals surface area contributed by atoms with Gasteiger partial charge in [-0.15, -0.1) is 0 Å². The summed E-state index contributed by atoms with van der Waals surface area (Å²) in [5.74, 6) is 0.0758. The lowest BCUT2D eigenvalue weighted by Crippen LogP contribution is -2.06. The number of benzene rings is 2. The van der Waals surface area contributed by atoms with Gasteiger partial charge in [-0.3, -0.25) is 0 Å². The first-order valence-electron chi connectivity index (χ1n) is 7.50. The number of carboxylic acid groups (broad SMARTS) is 1. The van der Waals surface area contributed by atoms with Crippen molar-refractivity contribution in [2.24, 2.45) is 5.92 Å². The van der Waals surface area contributed by atoms with Gasteiger partial charge in [0, 0.05) is 11.3 Å². The van der Waals surface area contributed by atoms with E-state index in [1.54, 1.807) is 30.3 Å². The van der Waals surface area contributed by atoms with Gasteiger partial charge in [-0.05, 0) is 35.8 Å². The van der Waals surface area contributed by atoms with Crippen LogP contribution in [0.5, 0.6) is 5.75 Å². The molecule has 0 bridgehead atoms. The summed E-state index contributed by atoms with van der Waals surface area (Å²) < 4.78 is 5.78. The second-order valence-electron chi connectivity index (χ2n) is 5.73. The molecule has 23 heavy (non-hydrogen) atoms. The summed E-state index contributed by atoms with van der Waals surface area (Å²) in [6.45, 7) is 4.71. The normalized spacial score (nSPS) is 11.5. The summed E-state index contributed by atoms with van der Waals surface area (Å²) in [5.41, 5.74) is 7.80. The largest absolute Gasteiger partial charge is 0.493 e. The van der Waals surface area contributed by atoms with Gasteiger partial charge in [0.1, 0.15) is 5.75 Å². The number of rotatable bonds is 6. The molecule has 0 heterocycles. The van der Waals surface area contributed by atoms with Crippen molar-refractivity contribution < 1.29 is 14.6 Å². The molecule has 0 unspecified atom stereocenters. The van der Waals surface area contributed by atoms with E-state index >= 15 is 0 Å². The third kappa shape index (κ3) is 4.61. The van der Waals surface area contributed by atoms with Gasteiger partial charge in [-0.25, -0.2) is 4.79 Å². The van der Waals surface area contributed by atoms with E-state index in [-0.39, 0.29) is 5.57 Å². The lowest BCUT2D eigenvalue weighted by atomic mass is 10.0. The minimum atomic E-state index is -0.992. The third-order valence-corrected chi connectivity index (χ3v) is 3.24. The van der Waals surface area contributed by atoms with Gasteiger partial charge in [0.15, 0.2) is 0 Å². The Labute approximate surface area is 136 Å². The number of carbonyl (C=O) groups is 1. The van der Waals surface area contributed by atoms with Crippen LogP contribution in [-0.4, -0.2) is 17.7 Å². The fourth-order valence-electron chi connectivity index (χ4n) is 2.07. The van der Waals surface area contributed by atoms with Crippen LogP contribution in [0.15, 0.2) is 48.5 Å². The lowest BCUT2D eigenvalue weighted by molar-refractivity contribution is -0.130. The number of hydrogen-bond acceptors (Lipinski definition) is 3. The first kappa shape index (κ1) is 16.6. The molecule has 2 rings (SSSR count). The molecule has 4 nitrogen and oxygen atoms in total. The first-order chi connectivity index (χ1) is 11.0. The Kier molecular flexibility index (Phi) is 5.41. The molecular weight excluding hydrogens is 290 g/mol. The van der Waals surface area contributed by atoms with Crippen LogP contribution >= 0.6 is 0 Å². The maximum atomic E-state index is 11.6. The SMILES string of the molecule is CC(C)COc1ccccc1/C=C(\C(=O)O)c1ccc(N)cc1. The molecule has 3 N–H and O–H groups in total. The summed E-state index contributed by atoms with van der Waals surface area (Å²) in [7, 11) is 0. The zero-order valence-corrected chi connectivity index (χ0v) is 13.3. The summed E-state index contributed by atoms with van der Waals surface area (Å²) in [6, 6.07) is 14.2. The summed E-state index contributed by atoms with van der Waals surface area (Å²) in [6.07, 6.45) is 1.63. The monoisotopic (exact) mass is 311 g/mol. The number of anilines is 1. The molecule has 0 aliphatic carbocycles. The molecule has 0 saturated carbocycles. The van der Waals surface area contributed by atoms with Crippen molar-refractivity contribution >= 4 is 23.3 Å². The predicted octanol–water partition coefficient (Wildman–Crippen LogP) is 3.93. The number of nitrogen functional groups attached to an aromatic ring is 1. The average molecular weight is 311 g/mol. The average Bonchev–Trinajstić information content (AvgIpc) is 2.52. The van der Waals surface area contributed by atoms with Crippen molar-refractivity contribution in [1.29, 1.82) is 0 Å². The fourth-order valence-corrected chi connectivity index (χ4v) is 2.07. The third-order valence-electron chi connectivity index (χ3n) is 3.24. The molecule has 0 fully saturated rings. The van der Waals surface area contributed by atoms with Gasteiger partial charge < -0.3 is 15.6 Å². The molecule has 2 aromatic rings. The first-order valence-corrected chi connectivity index (χ1v) is 7.50. The zero-order chi connectivity index (χ0) is 16.8. The highest BCUT2D eigenvalue weighted by Crippen LogP contribution is 2.26. The van der Waals surface area contributed by atoms with Crippen molar-refractivity contribution in [3.63, 3.8) is 0 Å². The van der Waals surface area contributed by atoms with E-state index in [2.05, 4.69) is 13.8 Å². The highest BCUT2D eigenvalue weighted by atomic mass is 16.5. The van der Waals surface area contributed by atoms with E-state index in [0.717, 1.165) is 5.56 Å². The summed E-state index contributed by atoms with van der Waals surface area (Å²) >= 11 is 0. The molecule has 0 spiro atoms. The Morgan fingerprint density at radius 3 is 2.43 bits per heavy atom. The second kappa shape index (κ2) is 7.49. The highest BCUT2D eigenvalue weighted by molar-refractivity contribution is 6.20. The number of nitrogens with two attached hydrogens (primary N) is 1. The molecule has 4 heteroatoms. The summed E-state index contributed by atoms with van der Waals surface area (Å²) in [4.78, 5) is 11.6. The predicted molar refractivity (Wildman–Crippen MR) is 93.1 cm³/mol. The van der Waals surface area contributed by atoms with Gasteiger partial charge in [0.25, 0.3) is 0 Å². The molecule has 120 valence electrons. The van der Waals surface area contributed by atoms with Crippen LogP contribution < -0.4 is 10.5 Å². The molecular formula is C19H21NO3. The molecule has 0 atom stereocenters. The minimum absolute atomic E-state index is 0.200. The van der Waals surface area contributed by atoms with Gasteiger partial charge in [0.05, 0.1) is 12.2 Å². The topological polar surface area (TPSA) is 72.5 Å². The maximum Gasteiger partial charge on any atom is 0.336 e. The van der Waals surface area contributed by atoms with Crippen LogP contribution in [0.3, 0.4) is 0 Å². The van der Waals surface area contributed by atoms with Crippen molar-refractivity contribution in [2.75, 3.05) is 12.3 Å². The van der Waals surface area contributed by atoms with Crippen LogP contribution in [0.2, 0.25) is 0 Å². The Bertz CT molecular complexity index is 703. The Morgan fingerprint density at radius 2 is 1.83 bits per heavy atom. The van der Waals surface area contributed by atoms with Crippen molar-refractivity contribution in [3.8, 4) is 5.75 Å². The van der Waals surface area contributed by atoms with Gasteiger partial charge in [-0.1, -0.05) is 44.2 Å². The number of carboxylic acids is 1. The van der Waals surface area contributed by atoms with Crippen molar-refractivity contribution in [3.05, 3.63) is 59.7 Å². The smallest absolute Gasteiger partial charge is 0.336 e. The molecule has 0 radical (unpaired) electrons. The number of hydrogen-bond donors (Lipinski definition) is 2. The van der Waals surface area contributed by atoms with Crippen LogP contribution in [-0.2, 0) is 4.79 Å². The highest BCUT2D eigenvalue weighted by Gasteiger charge is 2.12. The van der Waals surface area contributed by atoms with Crippen LogP contribution in [0.25, 0.3) is 11.6 Å². The van der Waals surface area contributed by atoms with Gasteiger partial charge in [-0.2, -0.15) is 0 Å². The Hall–Kier alpha value is -2.75. The second-order valence-corrected chi connectivity index (χ2v) is 5.73. The van der Waals surface area contributed by atoms with E-state index in [1.807, 2.05) is 24.3 Å². The maximum absolute atomic E-state index is 11.6. The quantitative estimate of drug-likeness (QED) is 0.481. The molecule has 0 aromatic heterocycles. The van der Waals surface area contributed by atoms with Crippen molar-refractivity contribution in [1.82, 2.24) is 0 Å². The van der Waals surface area contributed by atoms with E-state index in [0.29, 0.717) is 29.5 Å². The van der Waals surface area contributed by atoms with Crippen LogP contribution in [0.4, 0.5) is 5.69 Å². The Morgan fingerprint density at radius 1 is 1.17 bits per heavy atom. The number of aliphatic carboxylic acids is 1. The lowest BCUT2D eigenvalue weighted by Gasteiger charge is -2.12. The summed E-state index contributed by atoms with van der Waals surface area (Å²) in [5, 5.41) is 9.53. The molecule has 0 aliphatic heterocycles. The van der Waals surface area contributed by atoms with E-state index in [1.165, 1.54) is 0 Å². The van der Waals surface area contributed by atoms with Gasteiger partial charge in [0.2, 0.25) is 0 Å². The molecule has 0 aliphatic rings. The number of para-hydroxylation sites is 1. The molecule has 0 amide bonds. The number of ether oxygens (including phenoxy) is 1. The van der Waals surface area contributed by atoms with Gasteiger partial charge >= 0.3 is 5.97 Å². The fraction of sp³-hybridized carbons (Fsp3) is 0.211. The molecule has 2 aromatic carbocycles.